The van der Waals surface area contributed by atoms with E-state index < -0.39 is 17.6 Å². The van der Waals surface area contributed by atoms with E-state index in [-0.39, 0.29) is 12.1 Å². The molecule has 1 amide bonds. The molecule has 1 aromatic carbocycles. The summed E-state index contributed by atoms with van der Waals surface area (Å²) in [6, 6.07) is 8.61. The Morgan fingerprint density at radius 3 is 2.69 bits per heavy atom. The van der Waals surface area contributed by atoms with Crippen LogP contribution in [0.1, 0.15) is 17.7 Å². The summed E-state index contributed by atoms with van der Waals surface area (Å²) in [5.41, 5.74) is 0.501. The first-order valence-electron chi connectivity index (χ1n) is 7.74. The Morgan fingerprint density at radius 1 is 1.15 bits per heavy atom. The highest BCUT2D eigenvalue weighted by molar-refractivity contribution is 7.13. The Hall–Kier alpha value is -2.74. The molecule has 0 bridgehead atoms. The fourth-order valence-electron chi connectivity index (χ4n) is 2.34. The molecular formula is C18H14F3N3OS. The number of benzene rings is 1. The molecular weight excluding hydrogens is 363 g/mol. The van der Waals surface area contributed by atoms with E-state index in [1.165, 1.54) is 29.5 Å². The zero-order chi connectivity index (χ0) is 18.6. The number of hydrogen-bond donors (Lipinski definition) is 1. The number of hydrogen-bond acceptors (Lipinski definition) is 4. The molecule has 0 saturated heterocycles. The maximum atomic E-state index is 12.9. The number of nitrogens with one attached hydrogen (secondary N) is 1. The quantitative estimate of drug-likeness (QED) is 0.695. The van der Waals surface area contributed by atoms with Crippen LogP contribution in [0.2, 0.25) is 0 Å². The van der Waals surface area contributed by atoms with Gasteiger partial charge in [-0.05, 0) is 30.7 Å². The van der Waals surface area contributed by atoms with E-state index in [9.17, 15) is 18.0 Å². The van der Waals surface area contributed by atoms with Gasteiger partial charge in [-0.2, -0.15) is 13.2 Å². The Labute approximate surface area is 151 Å². The topological polar surface area (TPSA) is 54.9 Å². The Kier molecular flexibility index (Phi) is 5.32. The average molecular weight is 377 g/mol. The van der Waals surface area contributed by atoms with Crippen LogP contribution < -0.4 is 5.32 Å². The highest BCUT2D eigenvalue weighted by Crippen LogP contribution is 2.34. The van der Waals surface area contributed by atoms with Crippen molar-refractivity contribution < 1.29 is 18.0 Å². The van der Waals surface area contributed by atoms with E-state index in [0.717, 1.165) is 16.6 Å². The average Bonchev–Trinajstić information content (AvgIpc) is 3.09. The zero-order valence-corrected chi connectivity index (χ0v) is 14.3. The van der Waals surface area contributed by atoms with Gasteiger partial charge in [0.25, 0.3) is 0 Å². The minimum Gasteiger partial charge on any atom is -0.325 e. The number of aromatic nitrogens is 2. The molecule has 8 heteroatoms. The smallest absolute Gasteiger partial charge is 0.325 e. The highest BCUT2D eigenvalue weighted by Gasteiger charge is 2.33. The molecule has 4 nitrogen and oxygen atoms in total. The lowest BCUT2D eigenvalue weighted by Crippen LogP contribution is -2.16. The highest BCUT2D eigenvalue weighted by atomic mass is 32.1. The normalized spacial score (nSPS) is 11.3. The molecule has 134 valence electrons. The third-order valence-corrected chi connectivity index (χ3v) is 4.52. The summed E-state index contributed by atoms with van der Waals surface area (Å²) in [7, 11) is 0. The molecule has 2 heterocycles. The van der Waals surface area contributed by atoms with Crippen molar-refractivity contribution >= 4 is 22.9 Å². The van der Waals surface area contributed by atoms with Gasteiger partial charge in [0, 0.05) is 29.8 Å². The molecule has 0 spiro atoms. The predicted molar refractivity (Wildman–Crippen MR) is 93.7 cm³/mol. The Balaban J connectivity index is 1.61. The van der Waals surface area contributed by atoms with Gasteiger partial charge in [-0.15, -0.1) is 11.3 Å². The standard InChI is InChI=1S/C18H14F3N3OS/c19-18(20,21)14-5-1-2-6-15(14)24-16(25)8-7-13-11-26-17(23-13)12-4-3-9-22-10-12/h1-6,9-11H,7-8H2,(H,24,25). The summed E-state index contributed by atoms with van der Waals surface area (Å²) >= 11 is 1.43. The minimum absolute atomic E-state index is 0.0441. The van der Waals surface area contributed by atoms with Crippen molar-refractivity contribution in [2.75, 3.05) is 5.32 Å². The second kappa shape index (κ2) is 7.65. The lowest BCUT2D eigenvalue weighted by molar-refractivity contribution is -0.137. The SMILES string of the molecule is O=C(CCc1csc(-c2cccnc2)n1)Nc1ccccc1C(F)(F)F. The fourth-order valence-corrected chi connectivity index (χ4v) is 3.18. The molecule has 26 heavy (non-hydrogen) atoms. The molecule has 1 N–H and O–H groups in total. The van der Waals surface area contributed by atoms with Gasteiger partial charge in [0.05, 0.1) is 16.9 Å². The first-order chi connectivity index (χ1) is 12.4. The van der Waals surface area contributed by atoms with Crippen molar-refractivity contribution in [3.05, 3.63) is 65.4 Å². The van der Waals surface area contributed by atoms with Crippen LogP contribution in [0.5, 0.6) is 0 Å². The van der Waals surface area contributed by atoms with Gasteiger partial charge in [-0.3, -0.25) is 9.78 Å². The largest absolute Gasteiger partial charge is 0.418 e. The van der Waals surface area contributed by atoms with Crippen LogP contribution in [-0.2, 0) is 17.4 Å². The number of thiazole rings is 1. The van der Waals surface area contributed by atoms with Crippen LogP contribution in [0.15, 0.2) is 54.2 Å². The van der Waals surface area contributed by atoms with E-state index in [1.807, 2.05) is 17.5 Å². The summed E-state index contributed by atoms with van der Waals surface area (Å²) in [6.07, 6.45) is -0.763. The van der Waals surface area contributed by atoms with Crippen LogP contribution in [0.4, 0.5) is 18.9 Å². The Bertz CT molecular complexity index is 894. The van der Waals surface area contributed by atoms with Crippen molar-refractivity contribution in [3.63, 3.8) is 0 Å². The number of anilines is 1. The van der Waals surface area contributed by atoms with Gasteiger partial charge >= 0.3 is 6.18 Å². The number of halogens is 3. The molecule has 0 aliphatic heterocycles. The van der Waals surface area contributed by atoms with Gasteiger partial charge in [0.2, 0.25) is 5.91 Å². The zero-order valence-electron chi connectivity index (χ0n) is 13.5. The number of para-hydroxylation sites is 1. The molecule has 0 unspecified atom stereocenters. The number of rotatable bonds is 5. The molecule has 0 saturated carbocycles. The lowest BCUT2D eigenvalue weighted by Gasteiger charge is -2.13. The number of aryl methyl sites for hydroxylation is 1. The fraction of sp³-hybridized carbons (Fsp3) is 0.167. The molecule has 0 fully saturated rings. The predicted octanol–water partition coefficient (Wildman–Crippen LogP) is 4.80. The van der Waals surface area contributed by atoms with Crippen molar-refractivity contribution in [1.82, 2.24) is 9.97 Å². The van der Waals surface area contributed by atoms with Crippen LogP contribution in [0.25, 0.3) is 10.6 Å². The van der Waals surface area contributed by atoms with Gasteiger partial charge in [-0.1, -0.05) is 12.1 Å². The van der Waals surface area contributed by atoms with Crippen molar-refractivity contribution in [1.29, 1.82) is 0 Å². The van der Waals surface area contributed by atoms with E-state index in [4.69, 9.17) is 0 Å². The third-order valence-electron chi connectivity index (χ3n) is 3.57. The minimum atomic E-state index is -4.52. The number of carbonyl (C=O) groups is 1. The van der Waals surface area contributed by atoms with Crippen LogP contribution >= 0.6 is 11.3 Å². The second-order valence-electron chi connectivity index (χ2n) is 5.48. The molecule has 0 radical (unpaired) electrons. The molecule has 0 atom stereocenters. The summed E-state index contributed by atoms with van der Waals surface area (Å²) < 4.78 is 38.8. The number of amides is 1. The van der Waals surface area contributed by atoms with Gasteiger partial charge < -0.3 is 5.32 Å². The second-order valence-corrected chi connectivity index (χ2v) is 6.34. The van der Waals surface area contributed by atoms with Gasteiger partial charge in [0.1, 0.15) is 5.01 Å². The maximum Gasteiger partial charge on any atom is 0.418 e. The van der Waals surface area contributed by atoms with Crippen molar-refractivity contribution in [2.24, 2.45) is 0 Å². The number of nitrogens with zero attached hydrogens (tertiary/aromatic N) is 2. The van der Waals surface area contributed by atoms with Crippen molar-refractivity contribution in [2.45, 2.75) is 19.0 Å². The van der Waals surface area contributed by atoms with Crippen molar-refractivity contribution in [3.8, 4) is 10.6 Å². The van der Waals surface area contributed by atoms with E-state index in [1.54, 1.807) is 12.4 Å². The summed E-state index contributed by atoms with van der Waals surface area (Å²) in [5.74, 6) is -0.488. The van der Waals surface area contributed by atoms with Crippen LogP contribution in [0, 0.1) is 0 Å². The molecule has 2 aromatic heterocycles. The van der Waals surface area contributed by atoms with E-state index >= 15 is 0 Å². The van der Waals surface area contributed by atoms with Crippen LogP contribution in [0.3, 0.4) is 0 Å². The van der Waals surface area contributed by atoms with Gasteiger partial charge in [-0.25, -0.2) is 4.98 Å². The third kappa shape index (κ3) is 4.45. The molecule has 0 aliphatic rings. The first kappa shape index (κ1) is 18.1. The maximum absolute atomic E-state index is 12.9. The van der Waals surface area contributed by atoms with Crippen LogP contribution in [-0.4, -0.2) is 15.9 Å². The Morgan fingerprint density at radius 2 is 1.96 bits per heavy atom. The number of carbonyl (C=O) groups excluding carboxylic acids is 1. The van der Waals surface area contributed by atoms with E-state index in [2.05, 4.69) is 15.3 Å². The summed E-state index contributed by atoms with van der Waals surface area (Å²) in [6.45, 7) is 0. The first-order valence-corrected chi connectivity index (χ1v) is 8.62. The molecule has 3 aromatic rings. The summed E-state index contributed by atoms with van der Waals surface area (Å²) in [5, 5.41) is 4.95. The number of pyridine rings is 1. The van der Waals surface area contributed by atoms with Gasteiger partial charge in [0.15, 0.2) is 0 Å². The number of alkyl halides is 3. The monoisotopic (exact) mass is 377 g/mol. The van der Waals surface area contributed by atoms with E-state index in [0.29, 0.717) is 12.1 Å². The summed E-state index contributed by atoms with van der Waals surface area (Å²) in [4.78, 5) is 20.5. The molecule has 0 aliphatic carbocycles. The lowest BCUT2D eigenvalue weighted by atomic mass is 10.1. The molecule has 3 rings (SSSR count).